The molecule has 8 heteroatoms. The molecular formula is C18H14N4OS3. The molecule has 0 unspecified atom stereocenters. The minimum absolute atomic E-state index is 0.141. The van der Waals surface area contributed by atoms with Gasteiger partial charge in [0, 0.05) is 27.1 Å². The molecule has 26 heavy (non-hydrogen) atoms. The van der Waals surface area contributed by atoms with Crippen molar-refractivity contribution in [3.05, 3.63) is 76.2 Å². The normalized spacial score (nSPS) is 10.8. The van der Waals surface area contributed by atoms with Crippen LogP contribution in [0.5, 0.6) is 0 Å². The first kappa shape index (κ1) is 17.0. The van der Waals surface area contributed by atoms with Crippen LogP contribution >= 0.6 is 34.4 Å². The molecule has 0 saturated heterocycles. The number of thioether (sulfide) groups is 1. The minimum Gasteiger partial charge on any atom is -0.319 e. The van der Waals surface area contributed by atoms with Crippen molar-refractivity contribution < 1.29 is 4.79 Å². The van der Waals surface area contributed by atoms with Gasteiger partial charge >= 0.3 is 0 Å². The van der Waals surface area contributed by atoms with Crippen LogP contribution in [0, 0.1) is 0 Å². The van der Waals surface area contributed by atoms with E-state index in [1.54, 1.807) is 46.4 Å². The topological polar surface area (TPSA) is 59.8 Å². The predicted octanol–water partition coefficient (Wildman–Crippen LogP) is 4.93. The summed E-state index contributed by atoms with van der Waals surface area (Å²) in [5.41, 5.74) is 1.30. The summed E-state index contributed by atoms with van der Waals surface area (Å²) < 4.78 is 1.65. The molecule has 0 aliphatic heterocycles. The molecule has 3 aromatic heterocycles. The monoisotopic (exact) mass is 398 g/mol. The number of nitrogens with one attached hydrogen (secondary N) is 1. The molecule has 0 aliphatic carbocycles. The van der Waals surface area contributed by atoms with Crippen molar-refractivity contribution in [3.8, 4) is 5.13 Å². The van der Waals surface area contributed by atoms with E-state index in [4.69, 9.17) is 0 Å². The molecule has 1 amide bonds. The third kappa shape index (κ3) is 3.87. The molecule has 0 fully saturated rings. The van der Waals surface area contributed by atoms with E-state index in [2.05, 4.69) is 26.8 Å². The predicted molar refractivity (Wildman–Crippen MR) is 108 cm³/mol. The molecule has 5 nitrogen and oxygen atoms in total. The van der Waals surface area contributed by atoms with Gasteiger partial charge in [-0.1, -0.05) is 18.2 Å². The maximum Gasteiger partial charge on any atom is 0.256 e. The number of amides is 1. The molecule has 1 aromatic carbocycles. The third-order valence-electron chi connectivity index (χ3n) is 3.54. The lowest BCUT2D eigenvalue weighted by Gasteiger charge is -2.08. The van der Waals surface area contributed by atoms with Gasteiger partial charge in [-0.25, -0.2) is 9.67 Å². The molecule has 4 aromatic rings. The number of aromatic nitrogens is 3. The Labute approximate surface area is 162 Å². The van der Waals surface area contributed by atoms with E-state index in [0.29, 0.717) is 11.3 Å². The molecule has 0 radical (unpaired) electrons. The highest BCUT2D eigenvalue weighted by atomic mass is 32.2. The molecule has 1 N–H and O–H groups in total. The van der Waals surface area contributed by atoms with Crippen LogP contribution in [0.3, 0.4) is 0 Å². The average molecular weight is 399 g/mol. The quantitative estimate of drug-likeness (QED) is 0.468. The first-order chi connectivity index (χ1) is 12.8. The van der Waals surface area contributed by atoms with Crippen molar-refractivity contribution in [1.29, 1.82) is 0 Å². The first-order valence-electron chi connectivity index (χ1n) is 7.80. The standard InChI is InChI=1S/C18H14N4OS3/c23-17(21-13-10-20-22(11-13)18-19-7-9-25-18)15-5-1-2-6-16(15)26-12-14-4-3-8-24-14/h1-11H,12H2,(H,21,23). The Bertz CT molecular complexity index is 993. The highest BCUT2D eigenvalue weighted by Gasteiger charge is 2.13. The number of carbonyl (C=O) groups is 1. The summed E-state index contributed by atoms with van der Waals surface area (Å²) in [4.78, 5) is 19.2. The Morgan fingerprint density at radius 3 is 2.88 bits per heavy atom. The van der Waals surface area contributed by atoms with Gasteiger partial charge < -0.3 is 5.32 Å². The van der Waals surface area contributed by atoms with E-state index in [9.17, 15) is 4.79 Å². The molecule has 0 aliphatic rings. The van der Waals surface area contributed by atoms with E-state index in [1.807, 2.05) is 35.7 Å². The minimum atomic E-state index is -0.141. The van der Waals surface area contributed by atoms with Gasteiger partial charge in [-0.2, -0.15) is 5.10 Å². The summed E-state index contributed by atoms with van der Waals surface area (Å²) >= 11 is 4.88. The fourth-order valence-corrected chi connectivity index (χ4v) is 4.74. The second-order valence-electron chi connectivity index (χ2n) is 5.31. The Morgan fingerprint density at radius 1 is 1.15 bits per heavy atom. The summed E-state index contributed by atoms with van der Waals surface area (Å²) in [5.74, 6) is 0.710. The van der Waals surface area contributed by atoms with Gasteiger partial charge in [-0.3, -0.25) is 4.79 Å². The van der Waals surface area contributed by atoms with Gasteiger partial charge in [-0.05, 0) is 23.6 Å². The highest BCUT2D eigenvalue weighted by molar-refractivity contribution is 7.98. The average Bonchev–Trinajstić information content (AvgIpc) is 3.41. The summed E-state index contributed by atoms with van der Waals surface area (Å²) in [6.45, 7) is 0. The van der Waals surface area contributed by atoms with Crippen LogP contribution in [0.15, 0.2) is 70.6 Å². The smallest absolute Gasteiger partial charge is 0.256 e. The summed E-state index contributed by atoms with van der Waals surface area (Å²) in [7, 11) is 0. The van der Waals surface area contributed by atoms with Crippen LogP contribution in [-0.2, 0) is 5.75 Å². The molecule has 0 saturated carbocycles. The van der Waals surface area contributed by atoms with Crippen LogP contribution in [0.2, 0.25) is 0 Å². The second-order valence-corrected chi connectivity index (χ2v) is 8.23. The van der Waals surface area contributed by atoms with E-state index in [1.165, 1.54) is 16.2 Å². The Hall–Kier alpha value is -2.42. The molecule has 0 atom stereocenters. The van der Waals surface area contributed by atoms with Crippen LogP contribution in [0.4, 0.5) is 5.69 Å². The van der Waals surface area contributed by atoms with E-state index >= 15 is 0 Å². The van der Waals surface area contributed by atoms with Crippen molar-refractivity contribution in [3.63, 3.8) is 0 Å². The fraction of sp³-hybridized carbons (Fsp3) is 0.0556. The first-order valence-corrected chi connectivity index (χ1v) is 10.5. The lowest BCUT2D eigenvalue weighted by molar-refractivity contribution is 0.102. The summed E-state index contributed by atoms with van der Waals surface area (Å²) in [6, 6.07) is 11.8. The number of hydrogen-bond donors (Lipinski definition) is 1. The van der Waals surface area contributed by atoms with Crippen molar-refractivity contribution in [2.24, 2.45) is 0 Å². The fourth-order valence-electron chi connectivity index (χ4n) is 2.34. The van der Waals surface area contributed by atoms with Crippen LogP contribution in [0.25, 0.3) is 5.13 Å². The van der Waals surface area contributed by atoms with Crippen molar-refractivity contribution in [2.75, 3.05) is 5.32 Å². The van der Waals surface area contributed by atoms with E-state index in [-0.39, 0.29) is 5.91 Å². The maximum atomic E-state index is 12.7. The zero-order chi connectivity index (χ0) is 17.8. The number of rotatable bonds is 6. The Kier molecular flexibility index (Phi) is 5.14. The number of anilines is 1. The summed E-state index contributed by atoms with van der Waals surface area (Å²) in [6.07, 6.45) is 5.11. The largest absolute Gasteiger partial charge is 0.319 e. The Morgan fingerprint density at radius 2 is 2.08 bits per heavy atom. The maximum absolute atomic E-state index is 12.7. The van der Waals surface area contributed by atoms with Crippen molar-refractivity contribution in [1.82, 2.24) is 14.8 Å². The van der Waals surface area contributed by atoms with Crippen molar-refractivity contribution in [2.45, 2.75) is 10.6 Å². The lowest BCUT2D eigenvalue weighted by atomic mass is 10.2. The van der Waals surface area contributed by atoms with E-state index < -0.39 is 0 Å². The van der Waals surface area contributed by atoms with Gasteiger partial charge in [0.15, 0.2) is 0 Å². The van der Waals surface area contributed by atoms with Gasteiger partial charge in [0.05, 0.1) is 23.6 Å². The summed E-state index contributed by atoms with van der Waals surface area (Å²) in [5, 5.41) is 11.9. The van der Waals surface area contributed by atoms with Gasteiger partial charge in [0.25, 0.3) is 5.91 Å². The molecule has 0 bridgehead atoms. The third-order valence-corrected chi connectivity index (χ3v) is 6.48. The molecular weight excluding hydrogens is 384 g/mol. The van der Waals surface area contributed by atoms with Crippen LogP contribution in [-0.4, -0.2) is 20.7 Å². The highest BCUT2D eigenvalue weighted by Crippen LogP contribution is 2.28. The van der Waals surface area contributed by atoms with Gasteiger partial charge in [0.1, 0.15) is 0 Å². The number of carbonyl (C=O) groups excluding carboxylic acids is 1. The Balaban J connectivity index is 1.48. The van der Waals surface area contributed by atoms with Crippen LogP contribution in [0.1, 0.15) is 15.2 Å². The van der Waals surface area contributed by atoms with Gasteiger partial charge in [0.2, 0.25) is 5.13 Å². The number of thiophene rings is 1. The number of hydrogen-bond acceptors (Lipinski definition) is 6. The zero-order valence-electron chi connectivity index (χ0n) is 13.5. The van der Waals surface area contributed by atoms with Gasteiger partial charge in [-0.15, -0.1) is 34.4 Å². The molecule has 3 heterocycles. The zero-order valence-corrected chi connectivity index (χ0v) is 16.0. The lowest BCUT2D eigenvalue weighted by Crippen LogP contribution is -2.12. The second kappa shape index (κ2) is 7.86. The van der Waals surface area contributed by atoms with Crippen LogP contribution < -0.4 is 5.32 Å². The number of nitrogens with zero attached hydrogens (tertiary/aromatic N) is 3. The molecule has 4 rings (SSSR count). The van der Waals surface area contributed by atoms with E-state index in [0.717, 1.165) is 15.8 Å². The SMILES string of the molecule is O=C(Nc1cnn(-c2nccs2)c1)c1ccccc1SCc1cccs1. The molecule has 130 valence electrons. The number of thiazole rings is 1. The number of benzene rings is 1. The molecule has 0 spiro atoms. The van der Waals surface area contributed by atoms with Crippen molar-refractivity contribution >= 4 is 46.0 Å².